The van der Waals surface area contributed by atoms with E-state index in [4.69, 9.17) is 21.1 Å². The lowest BCUT2D eigenvalue weighted by molar-refractivity contribution is 0.173. The van der Waals surface area contributed by atoms with Gasteiger partial charge in [0.05, 0.1) is 0 Å². The van der Waals surface area contributed by atoms with Crippen LogP contribution in [0, 0.1) is 0 Å². The second-order valence-corrected chi connectivity index (χ2v) is 4.16. The van der Waals surface area contributed by atoms with Crippen LogP contribution in [-0.2, 0) is 12.8 Å². The van der Waals surface area contributed by atoms with Crippen LogP contribution in [0.2, 0.25) is 5.02 Å². The molecule has 2 rings (SSSR count). The van der Waals surface area contributed by atoms with E-state index in [9.17, 15) is 0 Å². The monoisotopic (exact) mass is 241 g/mol. The Kier molecular flexibility index (Phi) is 3.56. The summed E-state index contributed by atoms with van der Waals surface area (Å²) >= 11 is 6.26. The second-order valence-electron chi connectivity index (χ2n) is 3.76. The summed E-state index contributed by atoms with van der Waals surface area (Å²) < 4.78 is 10.9. The fourth-order valence-electron chi connectivity index (χ4n) is 2.01. The fraction of sp³-hybridized carbons (Fsp3) is 0.500. The number of nitrogens with one attached hydrogen (secondary N) is 1. The maximum atomic E-state index is 6.26. The molecule has 0 bridgehead atoms. The van der Waals surface area contributed by atoms with Crippen LogP contribution in [0.1, 0.15) is 18.1 Å². The predicted octanol–water partition coefficient (Wildman–Crippen LogP) is 2.39. The molecule has 1 heterocycles. The Balaban J connectivity index is 2.42. The van der Waals surface area contributed by atoms with Gasteiger partial charge in [-0.3, -0.25) is 0 Å². The van der Waals surface area contributed by atoms with Crippen molar-refractivity contribution in [1.29, 1.82) is 0 Å². The van der Waals surface area contributed by atoms with Crippen molar-refractivity contribution in [1.82, 2.24) is 5.32 Å². The number of hydrogen-bond donors (Lipinski definition) is 1. The molecule has 1 aromatic carbocycles. The first kappa shape index (κ1) is 11.6. The summed E-state index contributed by atoms with van der Waals surface area (Å²) in [5.41, 5.74) is 2.35. The Morgan fingerprint density at radius 3 is 2.88 bits per heavy atom. The SMILES string of the molecule is CCc1c(CCNC)c(Cl)cc2c1OCO2. The Bertz CT molecular complexity index is 393. The normalized spacial score (nSPS) is 13.2. The van der Waals surface area contributed by atoms with Gasteiger partial charge in [-0.2, -0.15) is 0 Å². The first-order chi connectivity index (χ1) is 7.77. The van der Waals surface area contributed by atoms with Crippen LogP contribution in [0.4, 0.5) is 0 Å². The average Bonchev–Trinajstić information content (AvgIpc) is 2.73. The molecule has 4 heteroatoms. The van der Waals surface area contributed by atoms with E-state index in [0.717, 1.165) is 35.9 Å². The summed E-state index contributed by atoms with van der Waals surface area (Å²) in [7, 11) is 1.94. The molecule has 1 aliphatic heterocycles. The largest absolute Gasteiger partial charge is 0.454 e. The third-order valence-corrected chi connectivity index (χ3v) is 3.14. The van der Waals surface area contributed by atoms with Gasteiger partial charge in [0.25, 0.3) is 0 Å². The molecule has 0 radical (unpaired) electrons. The van der Waals surface area contributed by atoms with E-state index in [1.54, 1.807) is 0 Å². The lowest BCUT2D eigenvalue weighted by Gasteiger charge is -2.12. The van der Waals surface area contributed by atoms with Crippen LogP contribution in [0.25, 0.3) is 0 Å². The summed E-state index contributed by atoms with van der Waals surface area (Å²) in [5, 5.41) is 3.91. The third-order valence-electron chi connectivity index (χ3n) is 2.80. The minimum Gasteiger partial charge on any atom is -0.454 e. The van der Waals surface area contributed by atoms with E-state index in [1.807, 2.05) is 13.1 Å². The van der Waals surface area contributed by atoms with Crippen molar-refractivity contribution in [2.24, 2.45) is 0 Å². The summed E-state index contributed by atoms with van der Waals surface area (Å²) in [6.45, 7) is 3.32. The van der Waals surface area contributed by atoms with E-state index in [0.29, 0.717) is 6.79 Å². The van der Waals surface area contributed by atoms with Crippen molar-refractivity contribution >= 4 is 11.6 Å². The molecule has 0 atom stereocenters. The van der Waals surface area contributed by atoms with Gasteiger partial charge in [-0.25, -0.2) is 0 Å². The zero-order valence-corrected chi connectivity index (χ0v) is 10.4. The molecule has 0 fully saturated rings. The van der Waals surface area contributed by atoms with Gasteiger partial charge in [-0.1, -0.05) is 18.5 Å². The van der Waals surface area contributed by atoms with E-state index >= 15 is 0 Å². The van der Waals surface area contributed by atoms with Gasteiger partial charge >= 0.3 is 0 Å². The molecule has 1 aliphatic rings. The summed E-state index contributed by atoms with van der Waals surface area (Å²) in [6, 6.07) is 1.86. The fourth-order valence-corrected chi connectivity index (χ4v) is 2.32. The number of ether oxygens (including phenoxy) is 2. The molecule has 0 aliphatic carbocycles. The van der Waals surface area contributed by atoms with E-state index in [2.05, 4.69) is 12.2 Å². The van der Waals surface area contributed by atoms with Crippen molar-refractivity contribution in [3.8, 4) is 11.5 Å². The Morgan fingerprint density at radius 1 is 1.38 bits per heavy atom. The Hall–Kier alpha value is -0.930. The number of benzene rings is 1. The lowest BCUT2D eigenvalue weighted by Crippen LogP contribution is -2.12. The molecule has 0 saturated heterocycles. The highest BCUT2D eigenvalue weighted by atomic mass is 35.5. The van der Waals surface area contributed by atoms with E-state index in [1.165, 1.54) is 11.1 Å². The summed E-state index contributed by atoms with van der Waals surface area (Å²) in [6.07, 6.45) is 1.82. The van der Waals surface area contributed by atoms with Gasteiger partial charge in [0.15, 0.2) is 11.5 Å². The standard InChI is InChI=1S/C12H16ClNO2/c1-3-8-9(4-5-14-2)10(13)6-11-12(8)16-7-15-11/h6,14H,3-5,7H2,1-2H3. The minimum absolute atomic E-state index is 0.300. The first-order valence-electron chi connectivity index (χ1n) is 5.52. The van der Waals surface area contributed by atoms with Crippen molar-refractivity contribution in [2.45, 2.75) is 19.8 Å². The molecule has 0 amide bonds. The quantitative estimate of drug-likeness (QED) is 0.878. The average molecular weight is 242 g/mol. The molecule has 0 unspecified atom stereocenters. The molecule has 0 aromatic heterocycles. The molecule has 1 aromatic rings. The Labute approximate surface area is 101 Å². The van der Waals surface area contributed by atoms with Gasteiger partial charge in [0.1, 0.15) is 0 Å². The van der Waals surface area contributed by atoms with E-state index in [-0.39, 0.29) is 0 Å². The Morgan fingerprint density at radius 2 is 2.19 bits per heavy atom. The third kappa shape index (κ3) is 1.97. The highest BCUT2D eigenvalue weighted by Crippen LogP contribution is 2.41. The number of likely N-dealkylation sites (N-methyl/N-ethyl adjacent to an activating group) is 1. The van der Waals surface area contributed by atoms with Crippen LogP contribution < -0.4 is 14.8 Å². The molecule has 0 spiro atoms. The maximum absolute atomic E-state index is 6.26. The maximum Gasteiger partial charge on any atom is 0.231 e. The van der Waals surface area contributed by atoms with Crippen molar-refractivity contribution in [3.05, 3.63) is 22.2 Å². The minimum atomic E-state index is 0.300. The topological polar surface area (TPSA) is 30.5 Å². The zero-order chi connectivity index (χ0) is 11.5. The molecule has 3 nitrogen and oxygen atoms in total. The van der Waals surface area contributed by atoms with E-state index < -0.39 is 0 Å². The first-order valence-corrected chi connectivity index (χ1v) is 5.90. The predicted molar refractivity (Wildman–Crippen MR) is 64.6 cm³/mol. The molecule has 0 saturated carbocycles. The van der Waals surface area contributed by atoms with Gasteiger partial charge in [0, 0.05) is 16.7 Å². The smallest absolute Gasteiger partial charge is 0.231 e. The number of fused-ring (bicyclic) bond motifs is 1. The van der Waals surface area contributed by atoms with Gasteiger partial charge < -0.3 is 14.8 Å². The van der Waals surface area contributed by atoms with Gasteiger partial charge in [-0.05, 0) is 32.0 Å². The lowest BCUT2D eigenvalue weighted by atomic mass is 10.0. The van der Waals surface area contributed by atoms with Gasteiger partial charge in [-0.15, -0.1) is 0 Å². The number of hydrogen-bond acceptors (Lipinski definition) is 3. The van der Waals surface area contributed by atoms with Crippen LogP contribution in [0.3, 0.4) is 0 Å². The highest BCUT2D eigenvalue weighted by molar-refractivity contribution is 6.31. The van der Waals surface area contributed by atoms with Crippen molar-refractivity contribution in [2.75, 3.05) is 20.4 Å². The number of rotatable bonds is 4. The zero-order valence-electron chi connectivity index (χ0n) is 9.60. The van der Waals surface area contributed by atoms with Crippen LogP contribution in [0.5, 0.6) is 11.5 Å². The van der Waals surface area contributed by atoms with Gasteiger partial charge in [0.2, 0.25) is 6.79 Å². The van der Waals surface area contributed by atoms with Crippen LogP contribution in [0.15, 0.2) is 6.07 Å². The molecular formula is C12H16ClNO2. The number of halogens is 1. The molecule has 16 heavy (non-hydrogen) atoms. The second kappa shape index (κ2) is 4.93. The van der Waals surface area contributed by atoms with Crippen molar-refractivity contribution in [3.63, 3.8) is 0 Å². The summed E-state index contributed by atoms with van der Waals surface area (Å²) in [4.78, 5) is 0. The summed E-state index contributed by atoms with van der Waals surface area (Å²) in [5.74, 6) is 1.65. The van der Waals surface area contributed by atoms with Crippen LogP contribution in [-0.4, -0.2) is 20.4 Å². The molecule has 88 valence electrons. The van der Waals surface area contributed by atoms with Crippen molar-refractivity contribution < 1.29 is 9.47 Å². The molecule has 1 N–H and O–H groups in total. The highest BCUT2D eigenvalue weighted by Gasteiger charge is 2.22. The molecular weight excluding hydrogens is 226 g/mol. The van der Waals surface area contributed by atoms with Crippen LogP contribution >= 0.6 is 11.6 Å².